The lowest BCUT2D eigenvalue weighted by molar-refractivity contribution is 0.881. The van der Waals surface area contributed by atoms with Gasteiger partial charge in [-0.1, -0.05) is 34.4 Å². The van der Waals surface area contributed by atoms with Crippen molar-refractivity contribution in [2.24, 2.45) is 5.10 Å². The molecule has 0 amide bonds. The Labute approximate surface area is 101 Å². The molecule has 0 bridgehead atoms. The number of rotatable bonds is 3. The molecule has 0 aliphatic rings. The fourth-order valence-electron chi connectivity index (χ4n) is 0.998. The van der Waals surface area contributed by atoms with E-state index in [-0.39, 0.29) is 5.95 Å². The van der Waals surface area contributed by atoms with E-state index in [1.54, 1.807) is 18.2 Å². The molecule has 0 radical (unpaired) electrons. The van der Waals surface area contributed by atoms with E-state index < -0.39 is 0 Å². The van der Waals surface area contributed by atoms with Gasteiger partial charge in [0.15, 0.2) is 0 Å². The molecule has 0 spiro atoms. The van der Waals surface area contributed by atoms with Crippen LogP contribution in [0.5, 0.6) is 0 Å². The maximum Gasteiger partial charge on any atom is 0.283 e. The van der Waals surface area contributed by atoms with Gasteiger partial charge in [0, 0.05) is 5.56 Å². The molecule has 8 heteroatoms. The molecule has 0 unspecified atom stereocenters. The number of aromatic amines is 1. The van der Waals surface area contributed by atoms with Gasteiger partial charge < -0.3 is 0 Å². The summed E-state index contributed by atoms with van der Waals surface area (Å²) in [7, 11) is 0. The number of benzene rings is 1. The van der Waals surface area contributed by atoms with Crippen LogP contribution in [0.2, 0.25) is 10.0 Å². The number of hydrogen-bond acceptors (Lipinski definition) is 5. The van der Waals surface area contributed by atoms with Gasteiger partial charge in [-0.3, -0.25) is 0 Å². The first-order valence-electron chi connectivity index (χ1n) is 4.24. The van der Waals surface area contributed by atoms with Crippen LogP contribution < -0.4 is 5.43 Å². The summed E-state index contributed by atoms with van der Waals surface area (Å²) in [5.41, 5.74) is 3.19. The Balaban J connectivity index is 2.12. The number of tetrazole rings is 1. The number of halogens is 2. The smallest absolute Gasteiger partial charge is 0.243 e. The minimum atomic E-state index is 0.263. The van der Waals surface area contributed by atoms with Crippen molar-refractivity contribution in [1.29, 1.82) is 0 Å². The van der Waals surface area contributed by atoms with E-state index in [2.05, 4.69) is 31.2 Å². The van der Waals surface area contributed by atoms with Crippen molar-refractivity contribution < 1.29 is 0 Å². The standard InChI is InChI=1S/C8H6Cl2N6/c9-6-2-1-3-7(10)5(6)4-11-12-8-13-15-16-14-8/h1-4H,(H2,12,13,14,15,16)/b11-4-. The van der Waals surface area contributed by atoms with E-state index in [0.717, 1.165) is 0 Å². The molecule has 1 aromatic heterocycles. The number of nitrogens with one attached hydrogen (secondary N) is 2. The van der Waals surface area contributed by atoms with E-state index in [1.807, 2.05) is 0 Å². The zero-order chi connectivity index (χ0) is 11.4. The largest absolute Gasteiger partial charge is 0.283 e. The molecule has 16 heavy (non-hydrogen) atoms. The first kappa shape index (κ1) is 10.8. The summed E-state index contributed by atoms with van der Waals surface area (Å²) in [4.78, 5) is 0. The van der Waals surface area contributed by atoms with Gasteiger partial charge in [0.1, 0.15) is 0 Å². The summed E-state index contributed by atoms with van der Waals surface area (Å²) < 4.78 is 0. The highest BCUT2D eigenvalue weighted by molar-refractivity contribution is 6.38. The first-order chi connectivity index (χ1) is 7.77. The van der Waals surface area contributed by atoms with Crippen molar-refractivity contribution >= 4 is 35.4 Å². The average Bonchev–Trinajstić information content (AvgIpc) is 2.75. The van der Waals surface area contributed by atoms with Crippen molar-refractivity contribution in [1.82, 2.24) is 20.6 Å². The second-order valence-electron chi connectivity index (χ2n) is 2.74. The molecular weight excluding hydrogens is 251 g/mol. The van der Waals surface area contributed by atoms with E-state index in [1.165, 1.54) is 6.21 Å². The second-order valence-corrected chi connectivity index (χ2v) is 3.56. The summed E-state index contributed by atoms with van der Waals surface area (Å²) >= 11 is 11.9. The zero-order valence-corrected chi connectivity index (χ0v) is 9.37. The van der Waals surface area contributed by atoms with E-state index in [9.17, 15) is 0 Å². The minimum absolute atomic E-state index is 0.263. The van der Waals surface area contributed by atoms with Gasteiger partial charge in [0.2, 0.25) is 0 Å². The fourth-order valence-corrected chi connectivity index (χ4v) is 1.49. The molecule has 0 atom stereocenters. The molecule has 0 aliphatic heterocycles. The molecule has 0 saturated carbocycles. The van der Waals surface area contributed by atoms with Gasteiger partial charge in [-0.25, -0.2) is 5.43 Å². The van der Waals surface area contributed by atoms with Crippen molar-refractivity contribution in [2.45, 2.75) is 0 Å². The third kappa shape index (κ3) is 2.47. The maximum absolute atomic E-state index is 5.94. The Bertz CT molecular complexity index is 475. The van der Waals surface area contributed by atoms with Crippen LogP contribution in [-0.4, -0.2) is 26.8 Å². The van der Waals surface area contributed by atoms with Crippen LogP contribution in [-0.2, 0) is 0 Å². The van der Waals surface area contributed by atoms with Gasteiger partial charge in [-0.15, -0.1) is 5.10 Å². The number of nitrogens with zero attached hydrogens (tertiary/aromatic N) is 4. The summed E-state index contributed by atoms with van der Waals surface area (Å²) in [6.45, 7) is 0. The Morgan fingerprint density at radius 3 is 2.69 bits per heavy atom. The van der Waals surface area contributed by atoms with Crippen molar-refractivity contribution in [3.8, 4) is 0 Å². The molecule has 6 nitrogen and oxygen atoms in total. The highest BCUT2D eigenvalue weighted by atomic mass is 35.5. The third-order valence-corrected chi connectivity index (χ3v) is 2.36. The Morgan fingerprint density at radius 1 is 1.31 bits per heavy atom. The molecule has 1 heterocycles. The molecule has 2 aromatic rings. The predicted molar refractivity (Wildman–Crippen MR) is 61.9 cm³/mol. The monoisotopic (exact) mass is 256 g/mol. The maximum atomic E-state index is 5.94. The topological polar surface area (TPSA) is 78.9 Å². The van der Waals surface area contributed by atoms with Gasteiger partial charge in [0.05, 0.1) is 16.3 Å². The zero-order valence-electron chi connectivity index (χ0n) is 7.85. The highest BCUT2D eigenvalue weighted by Gasteiger charge is 2.01. The lowest BCUT2D eigenvalue weighted by Gasteiger charge is -1.99. The molecule has 0 fully saturated rings. The van der Waals surface area contributed by atoms with Crippen LogP contribution in [0.1, 0.15) is 5.56 Å². The number of H-pyrrole nitrogens is 1. The molecule has 0 saturated heterocycles. The quantitative estimate of drug-likeness (QED) is 0.650. The Hall–Kier alpha value is -1.66. The summed E-state index contributed by atoms with van der Waals surface area (Å²) in [5.74, 6) is 0.263. The molecular formula is C8H6Cl2N6. The van der Waals surface area contributed by atoms with Crippen LogP contribution in [0.4, 0.5) is 5.95 Å². The normalized spacial score (nSPS) is 10.9. The predicted octanol–water partition coefficient (Wildman–Crippen LogP) is 1.95. The number of aromatic nitrogens is 4. The lowest BCUT2D eigenvalue weighted by Crippen LogP contribution is -1.93. The number of hydrazone groups is 1. The first-order valence-corrected chi connectivity index (χ1v) is 4.99. The minimum Gasteiger partial charge on any atom is -0.243 e. The molecule has 2 N–H and O–H groups in total. The van der Waals surface area contributed by atoms with Crippen LogP contribution >= 0.6 is 23.2 Å². The lowest BCUT2D eigenvalue weighted by atomic mass is 10.2. The van der Waals surface area contributed by atoms with Gasteiger partial charge in [0.25, 0.3) is 5.95 Å². The van der Waals surface area contributed by atoms with E-state index in [4.69, 9.17) is 23.2 Å². The van der Waals surface area contributed by atoms with Gasteiger partial charge in [-0.05, 0) is 17.3 Å². The molecule has 2 rings (SSSR count). The SMILES string of the molecule is Clc1cccc(Cl)c1/C=N\Nc1nn[nH]n1. The van der Waals surface area contributed by atoms with Gasteiger partial charge >= 0.3 is 0 Å². The van der Waals surface area contributed by atoms with Crippen LogP contribution in [0.3, 0.4) is 0 Å². The second kappa shape index (κ2) is 4.91. The molecule has 0 aliphatic carbocycles. The van der Waals surface area contributed by atoms with E-state index >= 15 is 0 Å². The van der Waals surface area contributed by atoms with E-state index in [0.29, 0.717) is 15.6 Å². The van der Waals surface area contributed by atoms with Crippen LogP contribution in [0, 0.1) is 0 Å². The molecule has 82 valence electrons. The van der Waals surface area contributed by atoms with Crippen LogP contribution in [0.25, 0.3) is 0 Å². The van der Waals surface area contributed by atoms with Gasteiger partial charge in [-0.2, -0.15) is 10.3 Å². The summed E-state index contributed by atoms with van der Waals surface area (Å²) in [6, 6.07) is 5.21. The van der Waals surface area contributed by atoms with Crippen molar-refractivity contribution in [3.05, 3.63) is 33.8 Å². The Morgan fingerprint density at radius 2 is 2.06 bits per heavy atom. The van der Waals surface area contributed by atoms with Crippen molar-refractivity contribution in [2.75, 3.05) is 5.43 Å². The molecule has 1 aromatic carbocycles. The highest BCUT2D eigenvalue weighted by Crippen LogP contribution is 2.22. The fraction of sp³-hybridized carbons (Fsp3) is 0. The van der Waals surface area contributed by atoms with Crippen molar-refractivity contribution in [3.63, 3.8) is 0 Å². The number of anilines is 1. The average molecular weight is 257 g/mol. The number of hydrogen-bond donors (Lipinski definition) is 2. The van der Waals surface area contributed by atoms with Crippen LogP contribution in [0.15, 0.2) is 23.3 Å². The summed E-state index contributed by atoms with van der Waals surface area (Å²) in [6.07, 6.45) is 1.49. The Kier molecular flexibility index (Phi) is 3.33. The third-order valence-electron chi connectivity index (χ3n) is 1.70. The summed E-state index contributed by atoms with van der Waals surface area (Å²) in [5, 5.41) is 17.9.